The van der Waals surface area contributed by atoms with Gasteiger partial charge in [-0.2, -0.15) is 0 Å². The van der Waals surface area contributed by atoms with E-state index in [1.807, 2.05) is 61.5 Å². The third-order valence-corrected chi connectivity index (χ3v) is 5.26. The molecule has 0 radical (unpaired) electrons. The van der Waals surface area contributed by atoms with Gasteiger partial charge >= 0.3 is 0 Å². The van der Waals surface area contributed by atoms with Crippen molar-refractivity contribution in [1.29, 1.82) is 0 Å². The third kappa shape index (κ3) is 5.92. The number of halogens is 1. The van der Waals surface area contributed by atoms with E-state index in [1.54, 1.807) is 0 Å². The summed E-state index contributed by atoms with van der Waals surface area (Å²) in [6, 6.07) is 25.7. The Bertz CT molecular complexity index is 908. The molecule has 0 unspecified atom stereocenters. The maximum Gasteiger partial charge on any atom is 0.238 e. The number of hydrogen-bond donors (Lipinski definition) is 2. The molecule has 2 N–H and O–H groups in total. The fourth-order valence-electron chi connectivity index (χ4n) is 3.55. The van der Waals surface area contributed by atoms with Crippen LogP contribution in [-0.4, -0.2) is 35.6 Å². The molecule has 3 aromatic carbocycles. The van der Waals surface area contributed by atoms with E-state index in [1.165, 1.54) is 0 Å². The molecule has 4 nitrogen and oxygen atoms in total. The van der Waals surface area contributed by atoms with Crippen molar-refractivity contribution < 1.29 is 9.90 Å². The quantitative estimate of drug-likeness (QED) is 0.506. The monoisotopic (exact) mass is 422 g/mol. The highest BCUT2D eigenvalue weighted by molar-refractivity contribution is 6.33. The van der Waals surface area contributed by atoms with Gasteiger partial charge in [0.25, 0.3) is 0 Å². The SMILES string of the molecule is Cc1ccc(NC(=O)CN(CCCO)C(c2ccccc2)c2ccccc2)c(Cl)c1. The summed E-state index contributed by atoms with van der Waals surface area (Å²) < 4.78 is 0. The van der Waals surface area contributed by atoms with Gasteiger partial charge in [0.2, 0.25) is 5.91 Å². The van der Waals surface area contributed by atoms with Gasteiger partial charge in [0, 0.05) is 13.2 Å². The molecule has 0 heterocycles. The predicted molar refractivity (Wildman–Crippen MR) is 123 cm³/mol. The molecule has 0 aliphatic heterocycles. The normalized spacial score (nSPS) is 11.1. The average Bonchev–Trinajstić information content (AvgIpc) is 2.75. The molecule has 0 saturated heterocycles. The van der Waals surface area contributed by atoms with Gasteiger partial charge in [0.05, 0.1) is 23.3 Å². The highest BCUT2D eigenvalue weighted by atomic mass is 35.5. The molecule has 5 heteroatoms. The van der Waals surface area contributed by atoms with Crippen LogP contribution in [0.4, 0.5) is 5.69 Å². The molecule has 3 aromatic rings. The Hall–Kier alpha value is -2.66. The van der Waals surface area contributed by atoms with Crippen LogP contribution >= 0.6 is 11.6 Å². The zero-order valence-electron chi connectivity index (χ0n) is 17.1. The Balaban J connectivity index is 1.87. The summed E-state index contributed by atoms with van der Waals surface area (Å²) in [6.45, 7) is 2.79. The number of rotatable bonds is 9. The molecule has 156 valence electrons. The van der Waals surface area contributed by atoms with Crippen LogP contribution in [-0.2, 0) is 4.79 Å². The Labute approximate surface area is 183 Å². The second-order valence-electron chi connectivity index (χ2n) is 7.30. The molecule has 0 bridgehead atoms. The number of amides is 1. The summed E-state index contributed by atoms with van der Waals surface area (Å²) in [5, 5.41) is 12.9. The van der Waals surface area contributed by atoms with E-state index in [2.05, 4.69) is 34.5 Å². The lowest BCUT2D eigenvalue weighted by Crippen LogP contribution is -2.38. The Morgan fingerprint density at radius 1 is 1.00 bits per heavy atom. The zero-order chi connectivity index (χ0) is 21.3. The van der Waals surface area contributed by atoms with E-state index in [-0.39, 0.29) is 25.1 Å². The predicted octanol–water partition coefficient (Wildman–Crippen LogP) is 5.06. The van der Waals surface area contributed by atoms with Crippen molar-refractivity contribution in [3.8, 4) is 0 Å². The first kappa shape index (κ1) is 22.0. The number of carbonyl (C=O) groups excluding carboxylic acids is 1. The molecule has 0 aliphatic rings. The van der Waals surface area contributed by atoms with E-state index in [0.29, 0.717) is 23.7 Å². The first-order chi connectivity index (χ1) is 14.6. The molecule has 1 amide bonds. The minimum atomic E-state index is -0.143. The second-order valence-corrected chi connectivity index (χ2v) is 7.71. The van der Waals surface area contributed by atoms with Crippen LogP contribution in [0.15, 0.2) is 78.9 Å². The largest absolute Gasteiger partial charge is 0.396 e. The van der Waals surface area contributed by atoms with Crippen LogP contribution < -0.4 is 5.32 Å². The van der Waals surface area contributed by atoms with E-state index >= 15 is 0 Å². The molecule has 0 fully saturated rings. The van der Waals surface area contributed by atoms with E-state index in [0.717, 1.165) is 16.7 Å². The average molecular weight is 423 g/mol. The van der Waals surface area contributed by atoms with Gasteiger partial charge in [-0.25, -0.2) is 0 Å². The topological polar surface area (TPSA) is 52.6 Å². The Kier molecular flexibility index (Phi) is 8.03. The fraction of sp³-hybridized carbons (Fsp3) is 0.240. The Morgan fingerprint density at radius 3 is 2.13 bits per heavy atom. The lowest BCUT2D eigenvalue weighted by atomic mass is 9.96. The van der Waals surface area contributed by atoms with Gasteiger partial charge in [0.1, 0.15) is 0 Å². The van der Waals surface area contributed by atoms with Gasteiger partial charge in [-0.15, -0.1) is 0 Å². The minimum Gasteiger partial charge on any atom is -0.396 e. The highest BCUT2D eigenvalue weighted by Gasteiger charge is 2.24. The summed E-state index contributed by atoms with van der Waals surface area (Å²) >= 11 is 6.29. The van der Waals surface area contributed by atoms with E-state index in [9.17, 15) is 9.90 Å². The number of aliphatic hydroxyl groups excluding tert-OH is 1. The van der Waals surface area contributed by atoms with Gasteiger partial charge in [-0.1, -0.05) is 78.3 Å². The second kappa shape index (κ2) is 10.9. The first-order valence-corrected chi connectivity index (χ1v) is 10.5. The molecule has 3 rings (SSSR count). The molecular weight excluding hydrogens is 396 g/mol. The molecule has 0 aromatic heterocycles. The summed E-state index contributed by atoms with van der Waals surface area (Å²) in [5.74, 6) is -0.143. The lowest BCUT2D eigenvalue weighted by molar-refractivity contribution is -0.117. The molecule has 0 saturated carbocycles. The summed E-state index contributed by atoms with van der Waals surface area (Å²) in [6.07, 6.45) is 0.578. The summed E-state index contributed by atoms with van der Waals surface area (Å²) in [5.41, 5.74) is 3.84. The molecular formula is C25H27ClN2O2. The van der Waals surface area contributed by atoms with Crippen LogP contribution in [0.2, 0.25) is 5.02 Å². The number of aryl methyl sites for hydroxylation is 1. The standard InChI is InChI=1S/C25H27ClN2O2/c1-19-13-14-23(22(26)17-19)27-24(30)18-28(15-8-16-29)25(20-9-4-2-5-10-20)21-11-6-3-7-12-21/h2-7,9-14,17,25,29H,8,15-16,18H2,1H3,(H,27,30). The van der Waals surface area contributed by atoms with Crippen LogP contribution in [0, 0.1) is 6.92 Å². The van der Waals surface area contributed by atoms with Crippen molar-refractivity contribution in [1.82, 2.24) is 4.90 Å². The third-order valence-electron chi connectivity index (χ3n) is 4.94. The fourth-order valence-corrected chi connectivity index (χ4v) is 3.84. The molecule has 0 spiro atoms. The molecule has 0 atom stereocenters. The zero-order valence-corrected chi connectivity index (χ0v) is 17.8. The van der Waals surface area contributed by atoms with Gasteiger partial charge in [0.15, 0.2) is 0 Å². The number of nitrogens with zero attached hydrogens (tertiary/aromatic N) is 1. The van der Waals surface area contributed by atoms with Crippen molar-refractivity contribution in [3.05, 3.63) is 101 Å². The van der Waals surface area contributed by atoms with Crippen LogP contribution in [0.3, 0.4) is 0 Å². The van der Waals surface area contributed by atoms with Gasteiger partial charge < -0.3 is 10.4 Å². The van der Waals surface area contributed by atoms with Crippen molar-refractivity contribution in [2.24, 2.45) is 0 Å². The van der Waals surface area contributed by atoms with Crippen molar-refractivity contribution >= 4 is 23.2 Å². The van der Waals surface area contributed by atoms with Crippen LogP contribution in [0.5, 0.6) is 0 Å². The number of anilines is 1. The maximum absolute atomic E-state index is 12.9. The van der Waals surface area contributed by atoms with Crippen molar-refractivity contribution in [2.75, 3.05) is 25.0 Å². The van der Waals surface area contributed by atoms with Crippen molar-refractivity contribution in [3.63, 3.8) is 0 Å². The minimum absolute atomic E-state index is 0.0677. The number of hydrogen-bond acceptors (Lipinski definition) is 3. The smallest absolute Gasteiger partial charge is 0.238 e. The highest BCUT2D eigenvalue weighted by Crippen LogP contribution is 2.29. The number of aliphatic hydroxyl groups is 1. The van der Waals surface area contributed by atoms with Gasteiger partial charge in [-0.05, 0) is 42.2 Å². The lowest BCUT2D eigenvalue weighted by Gasteiger charge is -2.32. The van der Waals surface area contributed by atoms with Crippen LogP contribution in [0.1, 0.15) is 29.2 Å². The van der Waals surface area contributed by atoms with Gasteiger partial charge in [-0.3, -0.25) is 9.69 Å². The number of benzene rings is 3. The van der Waals surface area contributed by atoms with E-state index in [4.69, 9.17) is 11.6 Å². The first-order valence-electron chi connectivity index (χ1n) is 10.1. The maximum atomic E-state index is 12.9. The number of carbonyl (C=O) groups is 1. The van der Waals surface area contributed by atoms with Crippen LogP contribution in [0.25, 0.3) is 0 Å². The van der Waals surface area contributed by atoms with Crippen molar-refractivity contribution in [2.45, 2.75) is 19.4 Å². The van der Waals surface area contributed by atoms with E-state index < -0.39 is 0 Å². The summed E-state index contributed by atoms with van der Waals surface area (Å²) in [4.78, 5) is 15.0. The molecule has 30 heavy (non-hydrogen) atoms. The number of nitrogens with one attached hydrogen (secondary N) is 1. The Morgan fingerprint density at radius 2 is 1.60 bits per heavy atom. The summed E-state index contributed by atoms with van der Waals surface area (Å²) in [7, 11) is 0. The molecule has 0 aliphatic carbocycles.